The second-order valence-electron chi connectivity index (χ2n) is 5.07. The van der Waals surface area contributed by atoms with Crippen LogP contribution >= 0.6 is 0 Å². The van der Waals surface area contributed by atoms with Crippen molar-refractivity contribution in [3.63, 3.8) is 0 Å². The summed E-state index contributed by atoms with van der Waals surface area (Å²) in [6, 6.07) is 12.9. The lowest BCUT2D eigenvalue weighted by Crippen LogP contribution is -2.01. The Morgan fingerprint density at radius 2 is 1.25 bits per heavy atom. The van der Waals surface area contributed by atoms with Gasteiger partial charge in [0.15, 0.2) is 11.6 Å². The van der Waals surface area contributed by atoms with Gasteiger partial charge >= 0.3 is 0 Å². The lowest BCUT2D eigenvalue weighted by Gasteiger charge is -2.05. The number of carbonyl (C=O) groups excluding carboxylic acids is 2. The van der Waals surface area contributed by atoms with Crippen LogP contribution in [0, 0.1) is 13.8 Å². The van der Waals surface area contributed by atoms with E-state index < -0.39 is 0 Å². The van der Waals surface area contributed by atoms with E-state index in [0.29, 0.717) is 11.1 Å². The van der Waals surface area contributed by atoms with Gasteiger partial charge in [0.25, 0.3) is 0 Å². The van der Waals surface area contributed by atoms with Crippen molar-refractivity contribution in [3.8, 4) is 0 Å². The van der Waals surface area contributed by atoms with E-state index >= 15 is 0 Å². The van der Waals surface area contributed by atoms with Gasteiger partial charge in [-0.25, -0.2) is 0 Å². The lowest BCUT2D eigenvalue weighted by molar-refractivity contribution is 0.0990. The first-order valence-corrected chi connectivity index (χ1v) is 6.56. The molecule has 0 aromatic heterocycles. The van der Waals surface area contributed by atoms with Crippen molar-refractivity contribution in [2.75, 3.05) is 0 Å². The SMILES string of the molecule is Cc1cccc(C)c1C=C1C(=O)c2ccccc2C1=O. The van der Waals surface area contributed by atoms with E-state index in [-0.39, 0.29) is 17.1 Å². The third-order valence-electron chi connectivity index (χ3n) is 3.74. The highest BCUT2D eigenvalue weighted by Gasteiger charge is 2.32. The van der Waals surface area contributed by atoms with Gasteiger partial charge in [-0.15, -0.1) is 0 Å². The summed E-state index contributed by atoms with van der Waals surface area (Å²) >= 11 is 0. The molecule has 0 atom stereocenters. The van der Waals surface area contributed by atoms with E-state index in [2.05, 4.69) is 0 Å². The van der Waals surface area contributed by atoms with Crippen LogP contribution in [0.4, 0.5) is 0 Å². The van der Waals surface area contributed by atoms with Crippen molar-refractivity contribution >= 4 is 17.6 Å². The van der Waals surface area contributed by atoms with Gasteiger partial charge in [-0.3, -0.25) is 9.59 Å². The standard InChI is InChI=1S/C18H14O2/c1-11-6-5-7-12(2)15(11)10-16-17(19)13-8-3-4-9-14(13)18(16)20/h3-10H,1-2H3. The van der Waals surface area contributed by atoms with Crippen LogP contribution in [0.2, 0.25) is 0 Å². The van der Waals surface area contributed by atoms with Gasteiger partial charge in [-0.2, -0.15) is 0 Å². The molecule has 0 aliphatic heterocycles. The number of ketones is 2. The maximum absolute atomic E-state index is 12.3. The highest BCUT2D eigenvalue weighted by molar-refractivity contribution is 6.41. The topological polar surface area (TPSA) is 34.1 Å². The van der Waals surface area contributed by atoms with Gasteiger partial charge in [0.2, 0.25) is 0 Å². The lowest BCUT2D eigenvalue weighted by atomic mass is 9.99. The fourth-order valence-electron chi connectivity index (χ4n) is 2.60. The van der Waals surface area contributed by atoms with Crippen molar-refractivity contribution in [1.82, 2.24) is 0 Å². The van der Waals surface area contributed by atoms with Gasteiger partial charge in [-0.1, -0.05) is 42.5 Å². The first kappa shape index (κ1) is 12.5. The molecule has 0 spiro atoms. The number of aryl methyl sites for hydroxylation is 2. The van der Waals surface area contributed by atoms with Crippen LogP contribution in [0.5, 0.6) is 0 Å². The molecule has 0 N–H and O–H groups in total. The average molecular weight is 262 g/mol. The largest absolute Gasteiger partial charge is 0.288 e. The summed E-state index contributed by atoms with van der Waals surface area (Å²) < 4.78 is 0. The second kappa shape index (κ2) is 4.57. The van der Waals surface area contributed by atoms with Crippen molar-refractivity contribution < 1.29 is 9.59 Å². The zero-order valence-corrected chi connectivity index (χ0v) is 11.4. The van der Waals surface area contributed by atoms with E-state index in [4.69, 9.17) is 0 Å². The highest BCUT2D eigenvalue weighted by atomic mass is 16.2. The first-order chi connectivity index (χ1) is 9.59. The van der Waals surface area contributed by atoms with E-state index in [9.17, 15) is 9.59 Å². The first-order valence-electron chi connectivity index (χ1n) is 6.56. The highest BCUT2D eigenvalue weighted by Crippen LogP contribution is 2.29. The molecule has 0 heterocycles. The Hall–Kier alpha value is -2.48. The molecule has 0 fully saturated rings. The number of carbonyl (C=O) groups is 2. The fraction of sp³-hybridized carbons (Fsp3) is 0.111. The summed E-state index contributed by atoms with van der Waals surface area (Å²) in [5, 5.41) is 0. The smallest absolute Gasteiger partial charge is 0.197 e. The molecule has 0 saturated heterocycles. The van der Waals surface area contributed by atoms with E-state index in [0.717, 1.165) is 16.7 Å². The summed E-state index contributed by atoms with van der Waals surface area (Å²) in [5.74, 6) is -0.346. The number of hydrogen-bond donors (Lipinski definition) is 0. The molecule has 1 aliphatic rings. The molecule has 0 bridgehead atoms. The molecular weight excluding hydrogens is 248 g/mol. The van der Waals surface area contributed by atoms with Crippen LogP contribution in [-0.4, -0.2) is 11.6 Å². The van der Waals surface area contributed by atoms with Crippen LogP contribution in [0.1, 0.15) is 37.4 Å². The number of allylic oxidation sites excluding steroid dienone is 1. The number of Topliss-reactive ketones (excluding diaryl/α,β-unsaturated/α-hetero) is 2. The number of rotatable bonds is 1. The van der Waals surface area contributed by atoms with Crippen molar-refractivity contribution in [3.05, 3.63) is 75.9 Å². The van der Waals surface area contributed by atoms with E-state index in [1.54, 1.807) is 30.3 Å². The van der Waals surface area contributed by atoms with Gasteiger partial charge in [0, 0.05) is 11.1 Å². The number of benzene rings is 2. The minimum Gasteiger partial charge on any atom is -0.288 e. The molecule has 2 nitrogen and oxygen atoms in total. The molecule has 98 valence electrons. The molecule has 0 saturated carbocycles. The molecule has 0 radical (unpaired) electrons. The molecule has 2 aromatic carbocycles. The zero-order chi connectivity index (χ0) is 14.3. The predicted molar refractivity (Wildman–Crippen MR) is 79.0 cm³/mol. The zero-order valence-electron chi connectivity index (χ0n) is 11.4. The van der Waals surface area contributed by atoms with Crippen molar-refractivity contribution in [2.24, 2.45) is 0 Å². The Balaban J connectivity index is 2.16. The summed E-state index contributed by atoms with van der Waals surface area (Å²) in [6.07, 6.45) is 1.73. The number of fused-ring (bicyclic) bond motifs is 1. The van der Waals surface area contributed by atoms with Gasteiger partial charge < -0.3 is 0 Å². The molecule has 0 amide bonds. The maximum Gasteiger partial charge on any atom is 0.197 e. The summed E-state index contributed by atoms with van der Waals surface area (Å²) in [5.41, 5.74) is 4.37. The average Bonchev–Trinajstić information content (AvgIpc) is 2.68. The second-order valence-corrected chi connectivity index (χ2v) is 5.07. The van der Waals surface area contributed by atoms with Gasteiger partial charge in [0.05, 0.1) is 5.57 Å². The molecule has 2 heteroatoms. The molecule has 20 heavy (non-hydrogen) atoms. The van der Waals surface area contributed by atoms with Crippen LogP contribution in [0.25, 0.3) is 6.08 Å². The maximum atomic E-state index is 12.3. The quantitative estimate of drug-likeness (QED) is 0.579. The van der Waals surface area contributed by atoms with Crippen molar-refractivity contribution in [1.29, 1.82) is 0 Å². The minimum absolute atomic E-state index is 0.173. The van der Waals surface area contributed by atoms with Crippen LogP contribution < -0.4 is 0 Å². The number of hydrogen-bond acceptors (Lipinski definition) is 2. The van der Waals surface area contributed by atoms with E-state index in [1.807, 2.05) is 32.0 Å². The third kappa shape index (κ3) is 1.81. The third-order valence-corrected chi connectivity index (χ3v) is 3.74. The minimum atomic E-state index is -0.173. The van der Waals surface area contributed by atoms with Crippen LogP contribution in [0.15, 0.2) is 48.0 Å². The monoisotopic (exact) mass is 262 g/mol. The molecule has 0 unspecified atom stereocenters. The van der Waals surface area contributed by atoms with Gasteiger partial charge in [-0.05, 0) is 36.6 Å². The summed E-state index contributed by atoms with van der Waals surface area (Å²) in [7, 11) is 0. The Morgan fingerprint density at radius 1 is 0.750 bits per heavy atom. The molecule has 1 aliphatic carbocycles. The normalized spacial score (nSPS) is 13.6. The summed E-state index contributed by atoms with van der Waals surface area (Å²) in [6.45, 7) is 3.97. The van der Waals surface area contributed by atoms with Crippen molar-refractivity contribution in [2.45, 2.75) is 13.8 Å². The Morgan fingerprint density at radius 3 is 1.75 bits per heavy atom. The molecule has 3 rings (SSSR count). The van der Waals surface area contributed by atoms with Crippen LogP contribution in [-0.2, 0) is 0 Å². The van der Waals surface area contributed by atoms with Crippen LogP contribution in [0.3, 0.4) is 0 Å². The predicted octanol–water partition coefficient (Wildman–Crippen LogP) is 3.77. The molecular formula is C18H14O2. The van der Waals surface area contributed by atoms with E-state index in [1.165, 1.54) is 0 Å². The molecule has 2 aromatic rings. The Kier molecular flexibility index (Phi) is 2.87. The Bertz CT molecular complexity index is 709. The Labute approximate surface area is 117 Å². The van der Waals surface area contributed by atoms with Gasteiger partial charge in [0.1, 0.15) is 0 Å². The fourth-order valence-corrected chi connectivity index (χ4v) is 2.60. The summed E-state index contributed by atoms with van der Waals surface area (Å²) in [4.78, 5) is 24.7.